The lowest BCUT2D eigenvalue weighted by atomic mass is 10.00. The van der Waals surface area contributed by atoms with Gasteiger partial charge in [0.2, 0.25) is 5.91 Å². The van der Waals surface area contributed by atoms with Gasteiger partial charge in [0.15, 0.2) is 0 Å². The molecule has 0 fully saturated rings. The highest BCUT2D eigenvalue weighted by Crippen LogP contribution is 2.28. The van der Waals surface area contributed by atoms with E-state index < -0.39 is 46.9 Å². The highest BCUT2D eigenvalue weighted by atomic mass is 19.4. The fourth-order valence-corrected chi connectivity index (χ4v) is 2.69. The summed E-state index contributed by atoms with van der Waals surface area (Å²) in [5, 5.41) is 9.52. The van der Waals surface area contributed by atoms with Gasteiger partial charge in [-0.3, -0.25) is 10.2 Å². The van der Waals surface area contributed by atoms with Crippen LogP contribution >= 0.6 is 0 Å². The molecule has 0 aliphatic heterocycles. The van der Waals surface area contributed by atoms with Crippen LogP contribution in [0.15, 0.2) is 54.4 Å². The molecule has 1 unspecified atom stereocenters. The first-order valence-electron chi connectivity index (χ1n) is 8.69. The fourth-order valence-electron chi connectivity index (χ4n) is 2.69. The third-order valence-electron chi connectivity index (χ3n) is 4.07. The number of alkyl halides is 3. The summed E-state index contributed by atoms with van der Waals surface area (Å²) in [6, 6.07) is 8.62. The van der Waals surface area contributed by atoms with Crippen molar-refractivity contribution in [3.63, 3.8) is 0 Å². The molecule has 0 saturated carbocycles. The summed E-state index contributed by atoms with van der Waals surface area (Å²) in [5.41, 5.74) is 9.45. The van der Waals surface area contributed by atoms with E-state index in [0.29, 0.717) is 5.56 Å². The number of hydrogen-bond acceptors (Lipinski definition) is 4. The van der Waals surface area contributed by atoms with Gasteiger partial charge in [-0.1, -0.05) is 24.3 Å². The highest BCUT2D eigenvalue weighted by Gasteiger charge is 2.38. The first-order valence-corrected chi connectivity index (χ1v) is 8.69. The van der Waals surface area contributed by atoms with E-state index in [9.17, 15) is 26.7 Å². The number of amides is 1. The average molecular weight is 426 g/mol. The van der Waals surface area contributed by atoms with Crippen LogP contribution in [0.5, 0.6) is 0 Å². The van der Waals surface area contributed by atoms with Gasteiger partial charge in [-0.2, -0.15) is 13.2 Å². The molecule has 5 nitrogen and oxygen atoms in total. The molecule has 0 saturated heterocycles. The molecule has 0 aromatic heterocycles. The Kier molecular flexibility index (Phi) is 7.28. The van der Waals surface area contributed by atoms with Crippen LogP contribution in [0.4, 0.5) is 22.0 Å². The molecule has 6 N–H and O–H groups in total. The van der Waals surface area contributed by atoms with Crippen LogP contribution in [0, 0.1) is 17.0 Å². The Balaban J connectivity index is 2.18. The van der Waals surface area contributed by atoms with E-state index in [1.807, 2.05) is 0 Å². The first-order chi connectivity index (χ1) is 14.0. The number of allylic oxidation sites excluding steroid dienone is 1. The molecule has 0 aliphatic rings. The van der Waals surface area contributed by atoms with Crippen molar-refractivity contribution in [3.8, 4) is 0 Å². The highest BCUT2D eigenvalue weighted by molar-refractivity contribution is 6.25. The van der Waals surface area contributed by atoms with Gasteiger partial charge in [0.05, 0.1) is 5.57 Å². The summed E-state index contributed by atoms with van der Waals surface area (Å²) in [7, 11) is 0. The SMILES string of the molecule is N=C(/C(=C(\N)NC(=O)CC(N)Cc1ccc(F)cc1)c1ccc(F)cc1)C(F)(F)F. The zero-order valence-corrected chi connectivity index (χ0v) is 15.6. The molecule has 0 bridgehead atoms. The Morgan fingerprint density at radius 1 is 1.00 bits per heavy atom. The molecule has 0 radical (unpaired) electrons. The van der Waals surface area contributed by atoms with Gasteiger partial charge in [-0.15, -0.1) is 0 Å². The van der Waals surface area contributed by atoms with E-state index in [0.717, 1.165) is 24.3 Å². The van der Waals surface area contributed by atoms with Crippen molar-refractivity contribution in [2.75, 3.05) is 0 Å². The van der Waals surface area contributed by atoms with Crippen molar-refractivity contribution in [1.29, 1.82) is 5.41 Å². The van der Waals surface area contributed by atoms with Gasteiger partial charge in [-0.25, -0.2) is 8.78 Å². The first kappa shape index (κ1) is 23.0. The van der Waals surface area contributed by atoms with Crippen LogP contribution in [-0.4, -0.2) is 23.8 Å². The third kappa shape index (κ3) is 6.38. The van der Waals surface area contributed by atoms with Crippen molar-refractivity contribution in [2.24, 2.45) is 11.5 Å². The molecule has 2 rings (SSSR count). The predicted octanol–water partition coefficient (Wildman–Crippen LogP) is 3.25. The lowest BCUT2D eigenvalue weighted by Crippen LogP contribution is -2.37. The lowest BCUT2D eigenvalue weighted by Gasteiger charge is -2.17. The molecular formula is C20H19F5N4O. The Labute approximate surface area is 169 Å². The van der Waals surface area contributed by atoms with Crippen LogP contribution < -0.4 is 16.8 Å². The van der Waals surface area contributed by atoms with E-state index in [-0.39, 0.29) is 18.4 Å². The Hall–Kier alpha value is -3.27. The fraction of sp³-hybridized carbons (Fsp3) is 0.200. The number of hydrogen-bond donors (Lipinski definition) is 4. The Morgan fingerprint density at radius 3 is 2.00 bits per heavy atom. The van der Waals surface area contributed by atoms with Crippen molar-refractivity contribution in [1.82, 2.24) is 5.32 Å². The predicted molar refractivity (Wildman–Crippen MR) is 102 cm³/mol. The number of carbonyl (C=O) groups is 1. The summed E-state index contributed by atoms with van der Waals surface area (Å²) in [4.78, 5) is 12.2. The number of halogens is 5. The van der Waals surface area contributed by atoms with E-state index in [4.69, 9.17) is 16.9 Å². The minimum atomic E-state index is -5.04. The maximum atomic E-state index is 13.1. The van der Waals surface area contributed by atoms with Crippen molar-refractivity contribution >= 4 is 17.2 Å². The number of carbonyl (C=O) groups excluding carboxylic acids is 1. The molecule has 1 amide bonds. The van der Waals surface area contributed by atoms with Crippen LogP contribution in [-0.2, 0) is 11.2 Å². The van der Waals surface area contributed by atoms with E-state index in [2.05, 4.69) is 5.32 Å². The summed E-state index contributed by atoms with van der Waals surface area (Å²) >= 11 is 0. The van der Waals surface area contributed by atoms with Gasteiger partial charge < -0.3 is 16.8 Å². The normalized spacial score (nSPS) is 13.4. The van der Waals surface area contributed by atoms with Crippen molar-refractivity contribution in [3.05, 3.63) is 77.1 Å². The molecule has 30 heavy (non-hydrogen) atoms. The summed E-state index contributed by atoms with van der Waals surface area (Å²) < 4.78 is 65.3. The maximum Gasteiger partial charge on any atom is 0.433 e. The average Bonchev–Trinajstić information content (AvgIpc) is 2.64. The molecule has 10 heteroatoms. The number of benzene rings is 2. The largest absolute Gasteiger partial charge is 0.433 e. The topological polar surface area (TPSA) is 105 Å². The summed E-state index contributed by atoms with van der Waals surface area (Å²) in [6.45, 7) is 0. The van der Waals surface area contributed by atoms with E-state index in [1.54, 1.807) is 0 Å². The molecule has 160 valence electrons. The molecule has 0 spiro atoms. The molecule has 2 aromatic rings. The second-order valence-electron chi connectivity index (χ2n) is 6.51. The maximum absolute atomic E-state index is 13.1. The summed E-state index contributed by atoms with van der Waals surface area (Å²) in [5.74, 6) is -2.59. The number of nitrogens with one attached hydrogen (secondary N) is 2. The van der Waals surface area contributed by atoms with Crippen LogP contribution in [0.3, 0.4) is 0 Å². The number of nitrogens with two attached hydrogens (primary N) is 2. The smallest absolute Gasteiger partial charge is 0.385 e. The molecule has 1 atom stereocenters. The van der Waals surface area contributed by atoms with Crippen LogP contribution in [0.2, 0.25) is 0 Å². The standard InChI is InChI=1S/C20H19F5N4O/c21-13-5-1-11(2-6-13)9-15(26)10-16(30)29-19(28)17(18(27)20(23,24)25)12-3-7-14(22)8-4-12/h1-8,15,27H,9-10,26,28H2,(H,29,30)/b19-17+,27-18?. The second-order valence-corrected chi connectivity index (χ2v) is 6.51. The van der Waals surface area contributed by atoms with Gasteiger partial charge >= 0.3 is 6.18 Å². The molecule has 2 aromatic carbocycles. The van der Waals surface area contributed by atoms with Crippen molar-refractivity contribution in [2.45, 2.75) is 25.1 Å². The van der Waals surface area contributed by atoms with Gasteiger partial charge in [0.1, 0.15) is 23.2 Å². The van der Waals surface area contributed by atoms with Crippen LogP contribution in [0.25, 0.3) is 5.57 Å². The molecule has 0 aliphatic carbocycles. The van der Waals surface area contributed by atoms with E-state index >= 15 is 0 Å². The van der Waals surface area contributed by atoms with E-state index in [1.165, 1.54) is 24.3 Å². The molecule has 0 heterocycles. The Morgan fingerprint density at radius 2 is 1.50 bits per heavy atom. The second kappa shape index (κ2) is 9.49. The lowest BCUT2D eigenvalue weighted by molar-refractivity contribution is -0.120. The third-order valence-corrected chi connectivity index (χ3v) is 4.07. The van der Waals surface area contributed by atoms with Crippen molar-refractivity contribution < 1.29 is 26.7 Å². The summed E-state index contributed by atoms with van der Waals surface area (Å²) in [6.07, 6.45) is -5.10. The van der Waals surface area contributed by atoms with Gasteiger partial charge in [0.25, 0.3) is 0 Å². The van der Waals surface area contributed by atoms with Gasteiger partial charge in [0, 0.05) is 12.5 Å². The van der Waals surface area contributed by atoms with Gasteiger partial charge in [-0.05, 0) is 41.8 Å². The zero-order chi connectivity index (χ0) is 22.5. The Bertz CT molecular complexity index is 937. The number of rotatable bonds is 7. The minimum absolute atomic E-state index is 0.188. The quantitative estimate of drug-likeness (QED) is 0.404. The monoisotopic (exact) mass is 426 g/mol. The zero-order valence-electron chi connectivity index (χ0n) is 15.6. The minimum Gasteiger partial charge on any atom is -0.385 e. The molecular weight excluding hydrogens is 407 g/mol. The van der Waals surface area contributed by atoms with Crippen LogP contribution in [0.1, 0.15) is 17.5 Å².